The Kier molecular flexibility index (Phi) is 5.65. The number of rotatable bonds is 4. The lowest BCUT2D eigenvalue weighted by Gasteiger charge is -2.47. The van der Waals surface area contributed by atoms with Gasteiger partial charge in [0.25, 0.3) is 0 Å². The predicted octanol–water partition coefficient (Wildman–Crippen LogP) is 4.72. The van der Waals surface area contributed by atoms with E-state index in [1.165, 1.54) is 11.6 Å². The summed E-state index contributed by atoms with van der Waals surface area (Å²) in [5, 5.41) is 15.4. The number of aromatic nitrogens is 3. The van der Waals surface area contributed by atoms with E-state index in [0.717, 1.165) is 60.4 Å². The monoisotopic (exact) mass is 510 g/mol. The second kappa shape index (κ2) is 8.89. The quantitative estimate of drug-likeness (QED) is 0.475. The highest BCUT2D eigenvalue weighted by Crippen LogP contribution is 2.46. The van der Waals surface area contributed by atoms with Gasteiger partial charge in [-0.05, 0) is 54.7 Å². The first-order valence-electron chi connectivity index (χ1n) is 12.5. The van der Waals surface area contributed by atoms with Crippen LogP contribution in [0.25, 0.3) is 22.8 Å². The van der Waals surface area contributed by atoms with Gasteiger partial charge in [-0.15, -0.1) is 0 Å². The third-order valence-electron chi connectivity index (χ3n) is 7.95. The maximum absolute atomic E-state index is 12.0. The minimum absolute atomic E-state index is 0.0254. The third-order valence-corrected chi connectivity index (χ3v) is 8.28. The molecule has 186 valence electrons. The molecule has 2 aliphatic heterocycles. The summed E-state index contributed by atoms with van der Waals surface area (Å²) in [5.74, 6) is 0.673. The van der Waals surface area contributed by atoms with Crippen LogP contribution in [0.1, 0.15) is 35.4 Å². The lowest BCUT2D eigenvalue weighted by Crippen LogP contribution is -2.59. The number of nitriles is 1. The molecule has 4 heterocycles. The molecule has 0 saturated carbocycles. The van der Waals surface area contributed by atoms with E-state index in [4.69, 9.17) is 16.6 Å². The number of hydrogen-bond donors (Lipinski definition) is 0. The summed E-state index contributed by atoms with van der Waals surface area (Å²) in [6, 6.07) is 12.2. The van der Waals surface area contributed by atoms with E-state index in [1.54, 1.807) is 6.20 Å². The fourth-order valence-corrected chi connectivity index (χ4v) is 6.34. The van der Waals surface area contributed by atoms with Gasteiger partial charge in [-0.25, -0.2) is 4.98 Å². The minimum atomic E-state index is -0.0254. The Balaban J connectivity index is 1.47. The molecule has 3 aromatic rings. The van der Waals surface area contributed by atoms with Gasteiger partial charge >= 0.3 is 0 Å². The predicted molar refractivity (Wildman–Crippen MR) is 145 cm³/mol. The molecule has 0 unspecified atom stereocenters. The molecule has 1 spiro atoms. The van der Waals surface area contributed by atoms with Gasteiger partial charge in [-0.1, -0.05) is 36.4 Å². The highest BCUT2D eigenvalue weighted by molar-refractivity contribution is 6.33. The van der Waals surface area contributed by atoms with Crippen LogP contribution in [0.4, 0.5) is 5.82 Å². The first-order valence-corrected chi connectivity index (χ1v) is 12.9. The van der Waals surface area contributed by atoms with E-state index in [-0.39, 0.29) is 11.3 Å². The molecule has 2 saturated heterocycles. The fourth-order valence-electron chi connectivity index (χ4n) is 6.11. The molecule has 37 heavy (non-hydrogen) atoms. The molecular formula is C29H27ClN6O. The van der Waals surface area contributed by atoms with Crippen LogP contribution in [-0.2, 0) is 18.3 Å². The van der Waals surface area contributed by atoms with E-state index < -0.39 is 0 Å². The fraction of sp³-hybridized carbons (Fsp3) is 0.310. The molecule has 3 aliphatic rings. The molecule has 2 fully saturated rings. The SMILES string of the molecule is C=CC(=O)N1CC2(CCN(c3nc4c(c(-c5ccccc5Cl)c3C#N)CCC(c3ccnn3C)=C4)C2)C1. The zero-order valence-electron chi connectivity index (χ0n) is 20.7. The maximum Gasteiger partial charge on any atom is 0.245 e. The molecule has 1 aromatic carbocycles. The molecule has 0 N–H and O–H groups in total. The van der Waals surface area contributed by atoms with Crippen molar-refractivity contribution in [3.05, 3.63) is 76.7 Å². The van der Waals surface area contributed by atoms with Crippen molar-refractivity contribution in [3.63, 3.8) is 0 Å². The van der Waals surface area contributed by atoms with Gasteiger partial charge in [-0.2, -0.15) is 10.4 Å². The summed E-state index contributed by atoms with van der Waals surface area (Å²) in [5.41, 5.74) is 6.52. The highest BCUT2D eigenvalue weighted by atomic mass is 35.5. The summed E-state index contributed by atoms with van der Waals surface area (Å²) in [4.78, 5) is 21.2. The minimum Gasteiger partial charge on any atom is -0.355 e. The Hall–Kier alpha value is -3.89. The van der Waals surface area contributed by atoms with Crippen LogP contribution >= 0.6 is 11.6 Å². The number of anilines is 1. The second-order valence-corrected chi connectivity index (χ2v) is 10.6. The molecular weight excluding hydrogens is 484 g/mol. The molecule has 7 nitrogen and oxygen atoms in total. The maximum atomic E-state index is 12.0. The third kappa shape index (κ3) is 3.84. The molecule has 2 aromatic heterocycles. The van der Waals surface area contributed by atoms with E-state index in [9.17, 15) is 10.1 Å². The number of pyridine rings is 1. The van der Waals surface area contributed by atoms with Crippen molar-refractivity contribution in [3.8, 4) is 17.2 Å². The van der Waals surface area contributed by atoms with Crippen LogP contribution < -0.4 is 4.90 Å². The number of benzene rings is 1. The van der Waals surface area contributed by atoms with Gasteiger partial charge in [0.1, 0.15) is 17.5 Å². The summed E-state index contributed by atoms with van der Waals surface area (Å²) in [7, 11) is 1.95. The number of hydrogen-bond acceptors (Lipinski definition) is 5. The smallest absolute Gasteiger partial charge is 0.245 e. The lowest BCUT2D eigenvalue weighted by molar-refractivity contribution is -0.136. The summed E-state index contributed by atoms with van der Waals surface area (Å²) in [6.07, 6.45) is 7.87. The number of nitrogens with zero attached hydrogens (tertiary/aromatic N) is 6. The van der Waals surface area contributed by atoms with Crippen LogP contribution in [0.5, 0.6) is 0 Å². The normalized spacial score (nSPS) is 17.7. The number of allylic oxidation sites excluding steroid dienone is 1. The zero-order valence-corrected chi connectivity index (χ0v) is 21.5. The van der Waals surface area contributed by atoms with Gasteiger partial charge in [0.05, 0.1) is 11.4 Å². The highest BCUT2D eigenvalue weighted by Gasteiger charge is 2.49. The van der Waals surface area contributed by atoms with Crippen molar-refractivity contribution in [2.75, 3.05) is 31.1 Å². The Morgan fingerprint density at radius 2 is 2.03 bits per heavy atom. The lowest BCUT2D eigenvalue weighted by atomic mass is 9.79. The van der Waals surface area contributed by atoms with Crippen LogP contribution in [0.3, 0.4) is 0 Å². The van der Waals surface area contributed by atoms with Crippen molar-refractivity contribution < 1.29 is 4.79 Å². The van der Waals surface area contributed by atoms with E-state index in [0.29, 0.717) is 29.5 Å². The number of likely N-dealkylation sites (tertiary alicyclic amines) is 1. The van der Waals surface area contributed by atoms with Crippen molar-refractivity contribution in [2.45, 2.75) is 19.3 Å². The van der Waals surface area contributed by atoms with Gasteiger partial charge < -0.3 is 9.80 Å². The Morgan fingerprint density at radius 3 is 2.73 bits per heavy atom. The molecule has 8 heteroatoms. The van der Waals surface area contributed by atoms with Gasteiger partial charge in [0.15, 0.2) is 0 Å². The van der Waals surface area contributed by atoms with Crippen molar-refractivity contribution in [2.24, 2.45) is 12.5 Å². The molecule has 0 bridgehead atoms. The standard InChI is InChI=1S/C29H27ClN6O/c1-3-26(37)36-17-29(18-36)11-13-35(16-29)28-22(15-31)27(20-6-4-5-7-23(20)30)21-9-8-19(14-24(21)33-28)25-10-12-32-34(25)2/h3-7,10,12,14H,1,8-9,11,13,16-18H2,2H3. The average molecular weight is 511 g/mol. The summed E-state index contributed by atoms with van der Waals surface area (Å²) in [6.45, 7) is 6.58. The topological polar surface area (TPSA) is 78.1 Å². The largest absolute Gasteiger partial charge is 0.355 e. The number of aryl methyl sites for hydroxylation is 1. The van der Waals surface area contributed by atoms with Crippen LogP contribution in [0.15, 0.2) is 49.2 Å². The van der Waals surface area contributed by atoms with E-state index >= 15 is 0 Å². The van der Waals surface area contributed by atoms with Gasteiger partial charge in [0.2, 0.25) is 5.91 Å². The van der Waals surface area contributed by atoms with Gasteiger partial charge in [-0.3, -0.25) is 9.48 Å². The Bertz CT molecular complexity index is 1510. The van der Waals surface area contributed by atoms with Crippen LogP contribution in [0.2, 0.25) is 5.02 Å². The molecule has 0 atom stereocenters. The van der Waals surface area contributed by atoms with Crippen LogP contribution in [0, 0.1) is 16.7 Å². The Morgan fingerprint density at radius 1 is 1.22 bits per heavy atom. The number of amides is 1. The summed E-state index contributed by atoms with van der Waals surface area (Å²) < 4.78 is 1.88. The number of carbonyl (C=O) groups excluding carboxylic acids is 1. The van der Waals surface area contributed by atoms with Crippen molar-refractivity contribution >= 4 is 35.0 Å². The van der Waals surface area contributed by atoms with Gasteiger partial charge in [0, 0.05) is 61.0 Å². The average Bonchev–Trinajstić information content (AvgIpc) is 3.53. The Labute approximate surface area is 221 Å². The van der Waals surface area contributed by atoms with Crippen molar-refractivity contribution in [1.82, 2.24) is 19.7 Å². The van der Waals surface area contributed by atoms with E-state index in [2.05, 4.69) is 28.7 Å². The molecule has 1 amide bonds. The molecule has 0 radical (unpaired) electrons. The number of halogens is 1. The molecule has 1 aliphatic carbocycles. The second-order valence-electron chi connectivity index (χ2n) is 10.2. The molecule has 6 rings (SSSR count). The number of fused-ring (bicyclic) bond motifs is 1. The van der Waals surface area contributed by atoms with Crippen LogP contribution in [-0.4, -0.2) is 51.8 Å². The number of carbonyl (C=O) groups is 1. The summed E-state index contributed by atoms with van der Waals surface area (Å²) >= 11 is 6.69. The zero-order chi connectivity index (χ0) is 25.7. The first kappa shape index (κ1) is 23.5. The van der Waals surface area contributed by atoms with Crippen molar-refractivity contribution in [1.29, 1.82) is 5.26 Å². The van der Waals surface area contributed by atoms with E-state index in [1.807, 2.05) is 47.0 Å². The first-order chi connectivity index (χ1) is 17.9.